The Labute approximate surface area is 70.1 Å². The molecule has 1 atom stereocenters. The zero-order chi connectivity index (χ0) is 8.39. The van der Waals surface area contributed by atoms with Gasteiger partial charge in [-0.25, -0.2) is 0 Å². The zero-order valence-corrected chi connectivity index (χ0v) is 6.32. The van der Waals surface area contributed by atoms with Crippen LogP contribution in [0.1, 0.15) is 5.56 Å². The lowest BCUT2D eigenvalue weighted by atomic mass is 10.1. The van der Waals surface area contributed by atoms with E-state index in [-0.39, 0.29) is 0 Å². The molecule has 2 rings (SSSR count). The lowest BCUT2D eigenvalue weighted by Crippen LogP contribution is -2.22. The number of carbonyl (C=O) groups excluding carboxylic acids is 1. The maximum Gasteiger partial charge on any atom is 0.247 e. The molecular weight excluding hydrogens is 152 g/mol. The molecule has 0 aromatic heterocycles. The summed E-state index contributed by atoms with van der Waals surface area (Å²) in [5.74, 6) is 0. The fourth-order valence-corrected chi connectivity index (χ4v) is 1.14. The molecule has 1 heterocycles. The van der Waals surface area contributed by atoms with Gasteiger partial charge in [-0.3, -0.25) is 9.79 Å². The van der Waals surface area contributed by atoms with Crippen molar-refractivity contribution in [2.75, 3.05) is 5.32 Å². The molecule has 1 radical (unpaired) electrons. The number of rotatable bonds is 1. The maximum absolute atomic E-state index is 10.3. The van der Waals surface area contributed by atoms with Gasteiger partial charge in [0.2, 0.25) is 6.29 Å². The van der Waals surface area contributed by atoms with E-state index in [2.05, 4.69) is 10.3 Å². The normalized spacial score (nSPS) is 19.5. The molecule has 1 aromatic carbocycles. The number of nitrogens with one attached hydrogen (secondary N) is 1. The van der Waals surface area contributed by atoms with E-state index in [4.69, 9.17) is 0 Å². The molecular formula is C9H7N2O. The fraction of sp³-hybridized carbons (Fsp3) is 0.111. The Morgan fingerprint density at radius 3 is 3.08 bits per heavy atom. The van der Waals surface area contributed by atoms with Crippen LogP contribution in [0.25, 0.3) is 0 Å². The Morgan fingerprint density at radius 2 is 2.25 bits per heavy atom. The molecule has 1 aliphatic heterocycles. The smallest absolute Gasteiger partial charge is 0.247 e. The number of fused-ring (bicyclic) bond motifs is 1. The SMILES string of the molecule is O=[C]C1N=Cc2ccccc2N1. The lowest BCUT2D eigenvalue weighted by molar-refractivity contribution is 0.547. The molecule has 1 N–H and O–H groups in total. The van der Waals surface area contributed by atoms with Crippen LogP contribution in [0.2, 0.25) is 0 Å². The van der Waals surface area contributed by atoms with Crippen LogP contribution in [-0.2, 0) is 4.79 Å². The Bertz CT molecular complexity index is 333. The minimum atomic E-state index is -0.542. The Morgan fingerprint density at radius 1 is 1.42 bits per heavy atom. The Kier molecular flexibility index (Phi) is 1.63. The van der Waals surface area contributed by atoms with E-state index in [1.807, 2.05) is 24.3 Å². The van der Waals surface area contributed by atoms with Crippen molar-refractivity contribution >= 4 is 18.2 Å². The van der Waals surface area contributed by atoms with Gasteiger partial charge in [0.15, 0.2) is 6.17 Å². The van der Waals surface area contributed by atoms with Crippen molar-refractivity contribution in [3.63, 3.8) is 0 Å². The van der Waals surface area contributed by atoms with Gasteiger partial charge in [0.1, 0.15) is 0 Å². The summed E-state index contributed by atoms with van der Waals surface area (Å²) in [6, 6.07) is 7.68. The van der Waals surface area contributed by atoms with Crippen molar-refractivity contribution in [2.45, 2.75) is 6.17 Å². The molecule has 3 nitrogen and oxygen atoms in total. The standard InChI is InChI=1S/C9H7N2O/c12-6-9-10-5-7-3-1-2-4-8(7)11-9/h1-5,9,11H. The van der Waals surface area contributed by atoms with Gasteiger partial charge < -0.3 is 5.32 Å². The summed E-state index contributed by atoms with van der Waals surface area (Å²) in [5, 5.41) is 2.93. The number of nitrogens with zero attached hydrogens (tertiary/aromatic N) is 1. The van der Waals surface area contributed by atoms with Crippen molar-refractivity contribution in [3.8, 4) is 0 Å². The summed E-state index contributed by atoms with van der Waals surface area (Å²) in [6.45, 7) is 0. The van der Waals surface area contributed by atoms with Crippen LogP contribution in [0, 0.1) is 0 Å². The molecule has 0 amide bonds. The minimum Gasteiger partial charge on any atom is -0.357 e. The van der Waals surface area contributed by atoms with Crippen LogP contribution in [-0.4, -0.2) is 18.7 Å². The molecule has 3 heteroatoms. The highest BCUT2D eigenvalue weighted by atomic mass is 16.1. The van der Waals surface area contributed by atoms with Gasteiger partial charge in [-0.1, -0.05) is 18.2 Å². The topological polar surface area (TPSA) is 41.5 Å². The van der Waals surface area contributed by atoms with Crippen LogP contribution in [0.15, 0.2) is 29.3 Å². The molecule has 1 aromatic rings. The van der Waals surface area contributed by atoms with E-state index in [0.717, 1.165) is 11.3 Å². The van der Waals surface area contributed by atoms with Gasteiger partial charge in [0, 0.05) is 17.5 Å². The van der Waals surface area contributed by atoms with E-state index in [1.165, 1.54) is 0 Å². The summed E-state index contributed by atoms with van der Waals surface area (Å²) >= 11 is 0. The average molecular weight is 159 g/mol. The number of anilines is 1. The van der Waals surface area contributed by atoms with Gasteiger partial charge in [-0.2, -0.15) is 0 Å². The van der Waals surface area contributed by atoms with Crippen molar-refractivity contribution in [1.82, 2.24) is 0 Å². The van der Waals surface area contributed by atoms with Gasteiger partial charge in [-0.05, 0) is 6.07 Å². The molecule has 0 bridgehead atoms. The molecule has 1 aliphatic rings. The first-order chi connectivity index (χ1) is 5.90. The van der Waals surface area contributed by atoms with E-state index in [1.54, 1.807) is 12.5 Å². The quantitative estimate of drug-likeness (QED) is 0.663. The molecule has 0 saturated heterocycles. The average Bonchev–Trinajstić information content (AvgIpc) is 2.17. The van der Waals surface area contributed by atoms with Crippen LogP contribution in [0.3, 0.4) is 0 Å². The second kappa shape index (κ2) is 2.77. The Balaban J connectivity index is 2.39. The Hall–Kier alpha value is -1.64. The van der Waals surface area contributed by atoms with Crippen LogP contribution < -0.4 is 5.32 Å². The summed E-state index contributed by atoms with van der Waals surface area (Å²) in [7, 11) is 0. The summed E-state index contributed by atoms with van der Waals surface area (Å²) in [4.78, 5) is 14.2. The molecule has 59 valence electrons. The highest BCUT2D eigenvalue weighted by Gasteiger charge is 2.11. The monoisotopic (exact) mass is 159 g/mol. The third-order valence-corrected chi connectivity index (χ3v) is 1.73. The first-order valence-corrected chi connectivity index (χ1v) is 3.66. The summed E-state index contributed by atoms with van der Waals surface area (Å²) in [6.07, 6.45) is 2.93. The summed E-state index contributed by atoms with van der Waals surface area (Å²) < 4.78 is 0. The maximum atomic E-state index is 10.3. The van der Waals surface area contributed by atoms with E-state index >= 15 is 0 Å². The fourth-order valence-electron chi connectivity index (χ4n) is 1.14. The molecule has 0 fully saturated rings. The number of benzene rings is 1. The highest BCUT2D eigenvalue weighted by Crippen LogP contribution is 2.17. The third kappa shape index (κ3) is 1.09. The van der Waals surface area contributed by atoms with Crippen molar-refractivity contribution in [2.24, 2.45) is 4.99 Å². The molecule has 0 saturated carbocycles. The van der Waals surface area contributed by atoms with Crippen LogP contribution in [0.4, 0.5) is 5.69 Å². The molecule has 12 heavy (non-hydrogen) atoms. The largest absolute Gasteiger partial charge is 0.357 e. The first-order valence-electron chi connectivity index (χ1n) is 3.66. The van der Waals surface area contributed by atoms with Gasteiger partial charge in [-0.15, -0.1) is 0 Å². The molecule has 0 aliphatic carbocycles. The minimum absolute atomic E-state index is 0.542. The van der Waals surface area contributed by atoms with Crippen molar-refractivity contribution in [3.05, 3.63) is 29.8 Å². The predicted octanol–water partition coefficient (Wildman–Crippen LogP) is 0.967. The third-order valence-electron chi connectivity index (χ3n) is 1.73. The number of aliphatic imine (C=N–C) groups is 1. The predicted molar refractivity (Wildman–Crippen MR) is 47.1 cm³/mol. The highest BCUT2D eigenvalue weighted by molar-refractivity contribution is 5.91. The first kappa shape index (κ1) is 7.03. The van der Waals surface area contributed by atoms with E-state index < -0.39 is 6.17 Å². The zero-order valence-electron chi connectivity index (χ0n) is 6.32. The van der Waals surface area contributed by atoms with Gasteiger partial charge in [0.05, 0.1) is 0 Å². The van der Waals surface area contributed by atoms with Gasteiger partial charge in [0.25, 0.3) is 0 Å². The van der Waals surface area contributed by atoms with E-state index in [0.29, 0.717) is 0 Å². The van der Waals surface area contributed by atoms with Crippen LogP contribution >= 0.6 is 0 Å². The van der Waals surface area contributed by atoms with Crippen molar-refractivity contribution in [1.29, 1.82) is 0 Å². The van der Waals surface area contributed by atoms with Gasteiger partial charge >= 0.3 is 0 Å². The summed E-state index contributed by atoms with van der Waals surface area (Å²) in [5.41, 5.74) is 1.94. The van der Waals surface area contributed by atoms with Crippen LogP contribution in [0.5, 0.6) is 0 Å². The lowest BCUT2D eigenvalue weighted by Gasteiger charge is -2.15. The second-order valence-corrected chi connectivity index (χ2v) is 2.53. The number of hydrogen-bond donors (Lipinski definition) is 1. The van der Waals surface area contributed by atoms with E-state index in [9.17, 15) is 4.79 Å². The number of hydrogen-bond acceptors (Lipinski definition) is 3. The number of para-hydroxylation sites is 1. The molecule has 1 unspecified atom stereocenters. The molecule has 0 spiro atoms. The second-order valence-electron chi connectivity index (χ2n) is 2.53. The van der Waals surface area contributed by atoms with Crippen molar-refractivity contribution < 1.29 is 4.79 Å².